The molecule has 1 unspecified atom stereocenters. The summed E-state index contributed by atoms with van der Waals surface area (Å²) in [4.78, 5) is 194. The van der Waals surface area contributed by atoms with Crippen LogP contribution in [-0.2, 0) is 81.3 Å². The Kier molecular flexibility index (Phi) is 29.2. The van der Waals surface area contributed by atoms with Crippen LogP contribution in [0.4, 0.5) is 13.2 Å². The Morgan fingerprint density at radius 1 is 0.673 bits per heavy atom. The molecule has 7 heterocycles. The molecule has 588 valence electrons. The summed E-state index contributed by atoms with van der Waals surface area (Å²) in [5, 5.41) is 8.77. The molecule has 12 amide bonds. The normalized spacial score (nSPS) is 27.1. The van der Waals surface area contributed by atoms with E-state index in [2.05, 4.69) is 16.0 Å². The van der Waals surface area contributed by atoms with Gasteiger partial charge in [-0.1, -0.05) is 94.2 Å². The zero-order valence-corrected chi connectivity index (χ0v) is 64.3. The van der Waals surface area contributed by atoms with Crippen molar-refractivity contribution < 1.29 is 80.2 Å². The van der Waals surface area contributed by atoms with E-state index in [9.17, 15) is 32.3 Å². The molecule has 11 rings (SSSR count). The molecule has 9 aliphatic rings. The molecule has 4 fully saturated rings. The minimum Gasteiger partial charge on any atom is -0.496 e. The maximum absolute atomic E-state index is 15.7. The third-order valence-electron chi connectivity index (χ3n) is 22.7. The summed E-state index contributed by atoms with van der Waals surface area (Å²) in [5.74, 6) is -9.69. The first-order valence-corrected chi connectivity index (χ1v) is 37.9. The van der Waals surface area contributed by atoms with Crippen LogP contribution in [0.25, 0.3) is 6.08 Å². The molecule has 2 saturated heterocycles. The van der Waals surface area contributed by atoms with Gasteiger partial charge in [-0.05, 0) is 132 Å². The van der Waals surface area contributed by atoms with Crippen molar-refractivity contribution in [2.45, 2.75) is 216 Å². The lowest BCUT2D eigenvalue weighted by Gasteiger charge is -2.46. The Balaban J connectivity index is 1.27. The van der Waals surface area contributed by atoms with E-state index in [1.807, 2.05) is 37.3 Å². The number of allylic oxidation sites excluding steroid dienone is 1. The van der Waals surface area contributed by atoms with Gasteiger partial charge in [0.1, 0.15) is 59.6 Å². The lowest BCUT2D eigenvalue weighted by atomic mass is 9.74. The smallest absolute Gasteiger partial charge is 0.419 e. The van der Waals surface area contributed by atoms with Crippen LogP contribution in [0.2, 0.25) is 0 Å². The number of rotatable bonds is 11. The van der Waals surface area contributed by atoms with Gasteiger partial charge >= 0.3 is 6.18 Å². The number of benzene rings is 2. The summed E-state index contributed by atoms with van der Waals surface area (Å²) in [5.41, 5.74) is -0.964. The van der Waals surface area contributed by atoms with Crippen molar-refractivity contribution in [3.8, 4) is 5.75 Å². The van der Waals surface area contributed by atoms with Gasteiger partial charge in [0.05, 0.1) is 38.3 Å². The fraction of sp³-hybridized carbons (Fsp3) is 0.641. The number of ether oxygens (including phenoxy) is 2. The van der Waals surface area contributed by atoms with Gasteiger partial charge in [-0.3, -0.25) is 57.5 Å². The predicted molar refractivity (Wildman–Crippen MR) is 393 cm³/mol. The van der Waals surface area contributed by atoms with Gasteiger partial charge in [-0.25, -0.2) is 0 Å². The second-order valence-electron chi connectivity index (χ2n) is 29.8. The van der Waals surface area contributed by atoms with E-state index in [4.69, 9.17) is 9.47 Å². The molecule has 7 aliphatic heterocycles. The van der Waals surface area contributed by atoms with Crippen LogP contribution < -0.4 is 20.7 Å². The number of carbonyl (C=O) groups is 12. The van der Waals surface area contributed by atoms with Gasteiger partial charge in [-0.2, -0.15) is 13.2 Å². The molecular weight excluding hydrogens is 1390 g/mol. The highest BCUT2D eigenvalue weighted by Gasteiger charge is 2.54. The molecule has 26 nitrogen and oxygen atoms in total. The van der Waals surface area contributed by atoms with Gasteiger partial charge in [0.25, 0.3) is 0 Å². The Bertz CT molecular complexity index is 3620. The molecular formula is C78H111F3N12O14. The van der Waals surface area contributed by atoms with Crippen molar-refractivity contribution in [1.29, 1.82) is 0 Å². The number of hydrogen-bond acceptors (Lipinski definition) is 14. The van der Waals surface area contributed by atoms with E-state index in [1.54, 1.807) is 39.0 Å². The van der Waals surface area contributed by atoms with Crippen LogP contribution >= 0.6 is 0 Å². The number of nitrogens with zero attached hydrogens (tertiary/aromatic N) is 9. The van der Waals surface area contributed by atoms with E-state index in [0.717, 1.165) is 41.4 Å². The zero-order valence-electron chi connectivity index (χ0n) is 64.3. The summed E-state index contributed by atoms with van der Waals surface area (Å²) >= 11 is 0. The van der Waals surface area contributed by atoms with Gasteiger partial charge < -0.3 is 69.5 Å². The van der Waals surface area contributed by atoms with Crippen molar-refractivity contribution in [2.24, 2.45) is 11.8 Å². The van der Waals surface area contributed by atoms with Gasteiger partial charge in [0, 0.05) is 88.4 Å². The first kappa shape index (κ1) is 83.7. The SMILES string of the molecule is CCO[C@@H]1C[C@H]2C(=O)NC3(CCC3)C(=O)N(C)C(C3CCCC3)C(=O)N(C)[C@H](C(=O)N(C)CC)CC(=O)N(C)[C@H]3CCCC/C=C/c4ccc(cc4)C[C@@H](C(=O)N(C)CC(=O)N[C@@H](CCc4ccc(C(F)(F)F)c(OC)c4)C(=O)N2C1)N1CC/C=C\C[C@@H](C1=O)N(C)C(=O)CN(C)C(=O)[C@H]([C@@H](C)CC)NC3=O. The molecule has 2 aromatic carbocycles. The summed E-state index contributed by atoms with van der Waals surface area (Å²) in [6, 6.07) is 0.00272. The van der Waals surface area contributed by atoms with E-state index < -0.39 is 180 Å². The fourth-order valence-corrected chi connectivity index (χ4v) is 15.6. The molecule has 10 atom stereocenters. The largest absolute Gasteiger partial charge is 0.496 e. The van der Waals surface area contributed by atoms with Crippen LogP contribution in [0.5, 0.6) is 5.75 Å². The highest BCUT2D eigenvalue weighted by Crippen LogP contribution is 2.40. The van der Waals surface area contributed by atoms with Crippen molar-refractivity contribution in [2.75, 3.05) is 95.8 Å². The molecule has 107 heavy (non-hydrogen) atoms. The van der Waals surface area contributed by atoms with E-state index in [0.29, 0.717) is 50.5 Å². The summed E-state index contributed by atoms with van der Waals surface area (Å²) in [6.45, 7) is 5.95. The number of halogens is 3. The second-order valence-corrected chi connectivity index (χ2v) is 29.8. The maximum atomic E-state index is 15.7. The highest BCUT2D eigenvalue weighted by atomic mass is 19.4. The number of methoxy groups -OCH3 is 1. The summed E-state index contributed by atoms with van der Waals surface area (Å²) < 4.78 is 53.8. The number of likely N-dealkylation sites (N-methyl/N-ethyl adjacent to an activating group) is 7. The van der Waals surface area contributed by atoms with Gasteiger partial charge in [0.15, 0.2) is 0 Å². The van der Waals surface area contributed by atoms with E-state index >= 15 is 38.4 Å². The van der Waals surface area contributed by atoms with Crippen LogP contribution in [-0.4, -0.2) is 271 Å². The number of nitrogens with one attached hydrogen (secondary N) is 3. The average Bonchev–Trinajstić information content (AvgIpc) is 1.64. The van der Waals surface area contributed by atoms with Crippen molar-refractivity contribution in [3.05, 3.63) is 82.9 Å². The van der Waals surface area contributed by atoms with Crippen LogP contribution in [0.15, 0.2) is 60.7 Å². The second kappa shape index (κ2) is 37.3. The Labute approximate surface area is 626 Å². The van der Waals surface area contributed by atoms with Crippen LogP contribution in [0.3, 0.4) is 0 Å². The first-order valence-electron chi connectivity index (χ1n) is 37.9. The topological polar surface area (TPSA) is 289 Å². The summed E-state index contributed by atoms with van der Waals surface area (Å²) in [7, 11) is 11.1. The molecule has 2 saturated carbocycles. The molecule has 29 heteroatoms. The fourth-order valence-electron chi connectivity index (χ4n) is 15.6. The Morgan fingerprint density at radius 2 is 1.35 bits per heavy atom. The molecule has 0 radical (unpaired) electrons. The number of hydrogen-bond donors (Lipinski definition) is 3. The van der Waals surface area contributed by atoms with Crippen molar-refractivity contribution in [1.82, 2.24) is 60.0 Å². The predicted octanol–water partition coefficient (Wildman–Crippen LogP) is 5.38. The molecule has 2 aliphatic carbocycles. The standard InChI is InChI=1S/C78H111F3N12O14/c1-13-49(4)66-74(103)87(7)48-65(96)89(9)58-30-21-18-24-41-92(73(58)102)61-42-51-33-31-50(32-34-51)26-19-16-17-20-29-57(68(97)83-66)88(8)64(95)45-60(71(100)85(5)14-2)90(10)75(104)67(53-27-22-23-28-53)91(11)76(105)77(39-25-40-77)84-69(98)59-44-54(107-15-3)46-93(59)70(99)56(82-63(94)47-86(6)72(61)101)38-36-52-35-37-55(78(79,80)81)62(43-52)106-12/h18-19,21,26,31-35,37,43,49,53-54,56-61,66-67H,13-17,20,22-25,27-30,36,38-42,44-48H2,1-12H3,(H,82,94)(H,83,97)(H,84,98)/b21-18-,26-19+/t49-,54+,56-,57-,58-,59-,60-,61-,66-,67?/m0/s1. The maximum Gasteiger partial charge on any atom is 0.419 e. The lowest BCUT2D eigenvalue weighted by molar-refractivity contribution is -0.158. The minimum absolute atomic E-state index is 0.00223. The Morgan fingerprint density at radius 3 is 1.98 bits per heavy atom. The van der Waals surface area contributed by atoms with Crippen LogP contribution in [0.1, 0.15) is 159 Å². The molecule has 3 N–H and O–H groups in total. The minimum atomic E-state index is -4.78. The van der Waals surface area contributed by atoms with E-state index in [-0.39, 0.29) is 89.6 Å². The quantitative estimate of drug-likeness (QED) is 0.238. The van der Waals surface area contributed by atoms with Crippen LogP contribution in [0, 0.1) is 11.8 Å². The number of amides is 12. The third-order valence-corrected chi connectivity index (χ3v) is 22.7. The van der Waals surface area contributed by atoms with Crippen molar-refractivity contribution in [3.63, 3.8) is 0 Å². The monoisotopic (exact) mass is 1500 g/mol. The molecule has 1 spiro atoms. The summed E-state index contributed by atoms with van der Waals surface area (Å²) in [6.07, 6.45) is 6.23. The molecule has 6 bridgehead atoms. The van der Waals surface area contributed by atoms with Gasteiger partial charge in [0.2, 0.25) is 70.9 Å². The van der Waals surface area contributed by atoms with Crippen molar-refractivity contribution >= 4 is 77.0 Å². The van der Waals surface area contributed by atoms with Gasteiger partial charge in [-0.15, -0.1) is 0 Å². The number of aryl methyl sites for hydroxylation is 1. The average molecular weight is 1500 g/mol. The lowest BCUT2D eigenvalue weighted by Crippen LogP contribution is -2.68. The third kappa shape index (κ3) is 20.1. The Hall–Kier alpha value is -8.89. The highest BCUT2D eigenvalue weighted by molar-refractivity contribution is 6.01. The zero-order chi connectivity index (χ0) is 78.4. The first-order chi connectivity index (χ1) is 50.8. The molecule has 0 aromatic heterocycles. The number of carbonyl (C=O) groups excluding carboxylic acids is 12. The number of alkyl halides is 3. The molecule has 2 aromatic rings. The van der Waals surface area contributed by atoms with E-state index in [1.165, 1.54) is 95.8 Å².